The number of hydrogen-bond donors (Lipinski definition) is 1. The number of thiophene rings is 1. The number of amides is 1. The lowest BCUT2D eigenvalue weighted by Gasteiger charge is -2.13. The molecule has 0 radical (unpaired) electrons. The van der Waals surface area contributed by atoms with E-state index in [0.29, 0.717) is 41.8 Å². The van der Waals surface area contributed by atoms with Crippen LogP contribution in [0.3, 0.4) is 0 Å². The highest BCUT2D eigenvalue weighted by Crippen LogP contribution is 2.36. The Morgan fingerprint density at radius 3 is 2.55 bits per heavy atom. The monoisotopic (exact) mass is 535 g/mol. The molecule has 0 bridgehead atoms. The third kappa shape index (κ3) is 4.40. The van der Waals surface area contributed by atoms with E-state index in [9.17, 15) is 9.59 Å². The summed E-state index contributed by atoms with van der Waals surface area (Å²) in [5, 5.41) is 5.14. The van der Waals surface area contributed by atoms with Gasteiger partial charge in [-0.1, -0.05) is 52.6 Å². The smallest absolute Gasteiger partial charge is 0.267 e. The van der Waals surface area contributed by atoms with Gasteiger partial charge in [0.2, 0.25) is 5.91 Å². The first-order valence-electron chi connectivity index (χ1n) is 10.1. The first-order valence-corrected chi connectivity index (χ1v) is 13.1. The largest absolute Gasteiger partial charge is 0.323 e. The number of nitrogens with zero attached hydrogens (tertiary/aromatic N) is 2. The van der Waals surface area contributed by atoms with Crippen molar-refractivity contribution in [2.45, 2.75) is 24.4 Å². The van der Waals surface area contributed by atoms with Crippen LogP contribution in [-0.2, 0) is 17.6 Å². The van der Waals surface area contributed by atoms with Crippen molar-refractivity contribution < 1.29 is 4.79 Å². The number of thioether (sulfide) groups is 1. The van der Waals surface area contributed by atoms with Crippen LogP contribution in [0.5, 0.6) is 0 Å². The van der Waals surface area contributed by atoms with Gasteiger partial charge in [0.1, 0.15) is 4.83 Å². The lowest BCUT2D eigenvalue weighted by Crippen LogP contribution is -2.23. The second kappa shape index (κ2) is 9.31. The summed E-state index contributed by atoms with van der Waals surface area (Å²) in [6.45, 7) is 0. The number of carbonyl (C=O) groups is 1. The molecular formula is C23H16Cl3N3O2S2. The molecule has 33 heavy (non-hydrogen) atoms. The number of fused-ring (bicyclic) bond motifs is 3. The molecule has 0 atom stereocenters. The van der Waals surface area contributed by atoms with Crippen LogP contribution < -0.4 is 10.9 Å². The van der Waals surface area contributed by atoms with Crippen LogP contribution in [0.2, 0.25) is 15.1 Å². The molecule has 1 aliphatic rings. The zero-order valence-electron chi connectivity index (χ0n) is 17.0. The standard InChI is InChI=1S/C23H16Cl3N3O2S2/c24-12-7-9-13(10-8-12)29-22(31)19-14-3-1-6-17(14)33-21(19)28-23(29)32-11-18(30)27-20-15(25)4-2-5-16(20)26/h2,4-5,7-10H,1,3,6,11H2,(H,27,30). The lowest BCUT2D eigenvalue weighted by atomic mass is 10.2. The fourth-order valence-corrected chi connectivity index (χ4v) is 6.60. The zero-order valence-corrected chi connectivity index (χ0v) is 20.9. The van der Waals surface area contributed by atoms with Crippen LogP contribution in [0, 0.1) is 0 Å². The van der Waals surface area contributed by atoms with Crippen molar-refractivity contribution in [3.8, 4) is 5.69 Å². The third-order valence-electron chi connectivity index (χ3n) is 5.35. The summed E-state index contributed by atoms with van der Waals surface area (Å²) in [4.78, 5) is 33.0. The van der Waals surface area contributed by atoms with Crippen molar-refractivity contribution in [2.24, 2.45) is 0 Å². The highest BCUT2D eigenvalue weighted by molar-refractivity contribution is 7.99. The number of aryl methyl sites for hydroxylation is 2. The van der Waals surface area contributed by atoms with Crippen LogP contribution in [0.15, 0.2) is 52.4 Å². The summed E-state index contributed by atoms with van der Waals surface area (Å²) >= 11 is 21.1. The highest BCUT2D eigenvalue weighted by Gasteiger charge is 2.24. The fraction of sp³-hybridized carbons (Fsp3) is 0.174. The number of nitrogens with one attached hydrogen (secondary N) is 1. The predicted octanol–water partition coefficient (Wildman–Crippen LogP) is 6.63. The van der Waals surface area contributed by atoms with Crippen molar-refractivity contribution in [1.82, 2.24) is 9.55 Å². The van der Waals surface area contributed by atoms with Gasteiger partial charge >= 0.3 is 0 Å². The Hall–Kier alpha value is -2.03. The topological polar surface area (TPSA) is 64.0 Å². The van der Waals surface area contributed by atoms with Gasteiger partial charge < -0.3 is 5.32 Å². The molecule has 0 saturated carbocycles. The van der Waals surface area contributed by atoms with E-state index >= 15 is 0 Å². The second-order valence-corrected chi connectivity index (χ2v) is 10.8. The van der Waals surface area contributed by atoms with Gasteiger partial charge in [-0.2, -0.15) is 0 Å². The Bertz CT molecular complexity index is 1430. The molecule has 4 aromatic rings. The predicted molar refractivity (Wildman–Crippen MR) is 138 cm³/mol. The van der Waals surface area contributed by atoms with Gasteiger partial charge in [-0.05, 0) is 61.2 Å². The van der Waals surface area contributed by atoms with E-state index in [-0.39, 0.29) is 17.2 Å². The maximum Gasteiger partial charge on any atom is 0.267 e. The molecule has 0 spiro atoms. The highest BCUT2D eigenvalue weighted by atomic mass is 35.5. The molecule has 168 valence electrons. The van der Waals surface area contributed by atoms with Crippen molar-refractivity contribution in [2.75, 3.05) is 11.1 Å². The van der Waals surface area contributed by atoms with Crippen molar-refractivity contribution in [1.29, 1.82) is 0 Å². The molecule has 0 fully saturated rings. The molecule has 1 N–H and O–H groups in total. The Balaban J connectivity index is 1.51. The SMILES string of the molecule is O=C(CSc1nc2sc3c(c2c(=O)n1-c1ccc(Cl)cc1)CCC3)Nc1c(Cl)cccc1Cl. The summed E-state index contributed by atoms with van der Waals surface area (Å²) in [6.07, 6.45) is 2.92. The molecule has 1 amide bonds. The van der Waals surface area contributed by atoms with Crippen LogP contribution in [-0.4, -0.2) is 21.2 Å². The number of carbonyl (C=O) groups excluding carboxylic acids is 1. The average Bonchev–Trinajstić information content (AvgIpc) is 3.37. The maximum absolute atomic E-state index is 13.6. The van der Waals surface area contributed by atoms with Crippen molar-refractivity contribution >= 4 is 79.7 Å². The fourth-order valence-electron chi connectivity index (χ4n) is 3.86. The van der Waals surface area contributed by atoms with E-state index in [0.717, 1.165) is 24.8 Å². The van der Waals surface area contributed by atoms with Crippen molar-refractivity contribution in [3.05, 3.63) is 78.3 Å². The Kier molecular flexibility index (Phi) is 6.42. The molecule has 0 aliphatic heterocycles. The van der Waals surface area contributed by atoms with E-state index in [2.05, 4.69) is 5.32 Å². The molecular weight excluding hydrogens is 521 g/mol. The molecule has 2 aromatic carbocycles. The molecule has 2 heterocycles. The molecule has 1 aliphatic carbocycles. The van der Waals surface area contributed by atoms with Crippen LogP contribution in [0.4, 0.5) is 5.69 Å². The molecule has 5 nitrogen and oxygen atoms in total. The first kappa shape index (κ1) is 22.7. The molecule has 10 heteroatoms. The molecule has 0 unspecified atom stereocenters. The van der Waals surface area contributed by atoms with Gasteiger partial charge in [0.05, 0.1) is 32.6 Å². The number of aromatic nitrogens is 2. The summed E-state index contributed by atoms with van der Waals surface area (Å²) in [5.41, 5.74) is 1.99. The number of rotatable bonds is 5. The first-order chi connectivity index (χ1) is 15.9. The second-order valence-electron chi connectivity index (χ2n) is 7.48. The van der Waals surface area contributed by atoms with Gasteiger partial charge in [-0.25, -0.2) is 4.98 Å². The quantitative estimate of drug-likeness (QED) is 0.230. The minimum Gasteiger partial charge on any atom is -0.323 e. The lowest BCUT2D eigenvalue weighted by molar-refractivity contribution is -0.113. The molecule has 5 rings (SSSR count). The summed E-state index contributed by atoms with van der Waals surface area (Å²) in [7, 11) is 0. The van der Waals surface area contributed by atoms with Crippen LogP contribution in [0.25, 0.3) is 15.9 Å². The Morgan fingerprint density at radius 1 is 1.09 bits per heavy atom. The number of halogens is 3. The van der Waals surface area contributed by atoms with Crippen molar-refractivity contribution in [3.63, 3.8) is 0 Å². The Labute approximate surface area is 212 Å². The van der Waals surface area contributed by atoms with E-state index in [1.165, 1.54) is 16.6 Å². The van der Waals surface area contributed by atoms with Gasteiger partial charge in [0.15, 0.2) is 5.16 Å². The van der Waals surface area contributed by atoms with E-state index in [4.69, 9.17) is 39.8 Å². The average molecular weight is 537 g/mol. The normalized spacial score (nSPS) is 12.8. The molecule has 0 saturated heterocycles. The number of hydrogen-bond acceptors (Lipinski definition) is 5. The minimum absolute atomic E-state index is 0.0260. The summed E-state index contributed by atoms with van der Waals surface area (Å²) < 4.78 is 1.56. The Morgan fingerprint density at radius 2 is 1.82 bits per heavy atom. The summed E-state index contributed by atoms with van der Waals surface area (Å²) in [6, 6.07) is 12.0. The van der Waals surface area contributed by atoms with Gasteiger partial charge in [-0.15, -0.1) is 11.3 Å². The van der Waals surface area contributed by atoms with Gasteiger partial charge in [-0.3, -0.25) is 14.2 Å². The maximum atomic E-state index is 13.6. The van der Waals surface area contributed by atoms with Crippen LogP contribution >= 0.6 is 57.9 Å². The molecule has 2 aromatic heterocycles. The third-order valence-corrected chi connectivity index (χ3v) is 8.36. The number of para-hydroxylation sites is 1. The number of benzene rings is 2. The zero-order chi connectivity index (χ0) is 23.1. The van der Waals surface area contributed by atoms with Gasteiger partial charge in [0, 0.05) is 9.90 Å². The van der Waals surface area contributed by atoms with Gasteiger partial charge in [0.25, 0.3) is 5.56 Å². The summed E-state index contributed by atoms with van der Waals surface area (Å²) in [5.74, 6) is -0.279. The van der Waals surface area contributed by atoms with E-state index < -0.39 is 0 Å². The van der Waals surface area contributed by atoms with Crippen LogP contribution in [0.1, 0.15) is 16.9 Å². The van der Waals surface area contributed by atoms with E-state index in [1.54, 1.807) is 58.4 Å². The number of anilines is 1. The van der Waals surface area contributed by atoms with E-state index in [1.807, 2.05) is 0 Å². The minimum atomic E-state index is -0.305.